The van der Waals surface area contributed by atoms with E-state index in [1.807, 2.05) is 30.3 Å². The summed E-state index contributed by atoms with van der Waals surface area (Å²) in [7, 11) is -4.92. The summed E-state index contributed by atoms with van der Waals surface area (Å²) in [4.78, 5) is -2.03. The molecule has 4 rings (SSSR count). The fraction of sp³-hybridized carbons (Fsp3) is 0.143. The van der Waals surface area contributed by atoms with Crippen LogP contribution in [-0.2, 0) is 16.4 Å². The smallest absolute Gasteiger partial charge is 0.243 e. The highest BCUT2D eigenvalue weighted by molar-refractivity contribution is 7.99. The number of primary sulfonamides is 1. The summed E-state index contributed by atoms with van der Waals surface area (Å²) in [6.45, 7) is 0. The number of thioether (sulfide) groups is 1. The standard InChI is InChI=1S/C28H25F3N2O3S2/c29-21-22(30)28(38(32,35)36)25(23(31)27(21)37-17-16-18-10-4-1-5-11-18)33-24(19-12-6-2-7-13-19)26(34)20-14-8-3-9-15-20/h1-15,24,26,33-34H,16-17H2,(H2,32,35,36)/t24-,26+/m0/s1. The van der Waals surface area contributed by atoms with Crippen molar-refractivity contribution in [1.29, 1.82) is 0 Å². The highest BCUT2D eigenvalue weighted by Gasteiger charge is 2.34. The average Bonchev–Trinajstić information content (AvgIpc) is 2.92. The molecule has 2 atom stereocenters. The van der Waals surface area contributed by atoms with Gasteiger partial charge in [0.25, 0.3) is 0 Å². The Hall–Kier alpha value is -3.31. The van der Waals surface area contributed by atoms with Crippen LogP contribution in [0, 0.1) is 17.5 Å². The lowest BCUT2D eigenvalue weighted by Gasteiger charge is -2.28. The highest BCUT2D eigenvalue weighted by atomic mass is 32.2. The van der Waals surface area contributed by atoms with Gasteiger partial charge in [0.15, 0.2) is 17.5 Å². The Morgan fingerprint density at radius 2 is 1.32 bits per heavy atom. The second-order valence-corrected chi connectivity index (χ2v) is 11.1. The molecule has 0 radical (unpaired) electrons. The Morgan fingerprint density at radius 1 is 0.789 bits per heavy atom. The van der Waals surface area contributed by atoms with E-state index >= 15 is 13.2 Å². The molecular weight excluding hydrogens is 533 g/mol. The summed E-state index contributed by atoms with van der Waals surface area (Å²) in [6.07, 6.45) is -0.876. The summed E-state index contributed by atoms with van der Waals surface area (Å²) in [5.74, 6) is -4.55. The summed E-state index contributed by atoms with van der Waals surface area (Å²) >= 11 is 0.716. The molecule has 0 aliphatic rings. The normalized spacial score (nSPS) is 13.2. The number of aliphatic hydroxyl groups is 1. The molecular formula is C28H25F3N2O3S2. The summed E-state index contributed by atoms with van der Waals surface area (Å²) < 4.78 is 70.8. The number of nitrogens with two attached hydrogens (primary N) is 1. The minimum Gasteiger partial charge on any atom is -0.386 e. The summed E-state index contributed by atoms with van der Waals surface area (Å²) in [6, 6.07) is 24.8. The molecule has 0 aliphatic heterocycles. The second-order valence-electron chi connectivity index (χ2n) is 8.49. The van der Waals surface area contributed by atoms with Crippen LogP contribution in [0.2, 0.25) is 0 Å². The number of nitrogens with one attached hydrogen (secondary N) is 1. The summed E-state index contributed by atoms with van der Waals surface area (Å²) in [5, 5.41) is 19.1. The Kier molecular flexibility index (Phi) is 8.78. The maximum Gasteiger partial charge on any atom is 0.243 e. The molecule has 0 saturated heterocycles. The number of rotatable bonds is 10. The van der Waals surface area contributed by atoms with E-state index in [2.05, 4.69) is 5.32 Å². The Labute approximate surface area is 223 Å². The molecule has 0 spiro atoms. The quantitative estimate of drug-likeness (QED) is 0.165. The van der Waals surface area contributed by atoms with Crippen LogP contribution in [0.25, 0.3) is 0 Å². The molecule has 0 aliphatic carbocycles. The highest BCUT2D eigenvalue weighted by Crippen LogP contribution is 2.41. The van der Waals surface area contributed by atoms with Gasteiger partial charge in [0, 0.05) is 5.75 Å². The van der Waals surface area contributed by atoms with Crippen molar-refractivity contribution in [2.24, 2.45) is 5.14 Å². The van der Waals surface area contributed by atoms with Crippen molar-refractivity contribution in [1.82, 2.24) is 0 Å². The zero-order chi connectivity index (χ0) is 27.3. The molecule has 0 fully saturated rings. The molecule has 0 aromatic heterocycles. The third-order valence-corrected chi connectivity index (χ3v) is 7.92. The number of aryl methyl sites for hydroxylation is 1. The first-order valence-corrected chi connectivity index (χ1v) is 14.2. The zero-order valence-corrected chi connectivity index (χ0v) is 21.7. The van der Waals surface area contributed by atoms with Gasteiger partial charge in [-0.3, -0.25) is 0 Å². The number of hydrogen-bond acceptors (Lipinski definition) is 5. The predicted molar refractivity (Wildman–Crippen MR) is 143 cm³/mol. The van der Waals surface area contributed by atoms with Gasteiger partial charge in [-0.15, -0.1) is 11.8 Å². The van der Waals surface area contributed by atoms with E-state index in [1.54, 1.807) is 60.7 Å². The minimum atomic E-state index is -4.92. The maximum atomic E-state index is 15.9. The van der Waals surface area contributed by atoms with Crippen LogP contribution in [0.1, 0.15) is 28.8 Å². The number of benzene rings is 4. The number of hydrogen-bond donors (Lipinski definition) is 3. The van der Waals surface area contributed by atoms with E-state index in [1.165, 1.54) is 0 Å². The average molecular weight is 559 g/mol. The first kappa shape index (κ1) is 27.7. The number of aliphatic hydroxyl groups excluding tert-OH is 1. The van der Waals surface area contributed by atoms with E-state index in [4.69, 9.17) is 5.14 Å². The minimum absolute atomic E-state index is 0.195. The molecule has 0 unspecified atom stereocenters. The zero-order valence-electron chi connectivity index (χ0n) is 20.0. The van der Waals surface area contributed by atoms with Crippen molar-refractivity contribution in [2.45, 2.75) is 28.4 Å². The molecule has 0 heterocycles. The fourth-order valence-electron chi connectivity index (χ4n) is 4.06. The van der Waals surface area contributed by atoms with Crippen molar-refractivity contribution in [3.05, 3.63) is 125 Å². The third kappa shape index (κ3) is 6.21. The lowest BCUT2D eigenvalue weighted by Crippen LogP contribution is -2.25. The van der Waals surface area contributed by atoms with E-state index in [0.29, 0.717) is 29.3 Å². The van der Waals surface area contributed by atoms with Gasteiger partial charge < -0.3 is 10.4 Å². The van der Waals surface area contributed by atoms with Crippen LogP contribution in [0.5, 0.6) is 0 Å². The lowest BCUT2D eigenvalue weighted by molar-refractivity contribution is 0.154. The SMILES string of the molecule is NS(=O)(=O)c1c(F)c(F)c(SCCc2ccccc2)c(F)c1N[C@@H](c1ccccc1)[C@H](O)c1ccccc1. The molecule has 0 amide bonds. The van der Waals surface area contributed by atoms with Crippen molar-refractivity contribution >= 4 is 27.5 Å². The van der Waals surface area contributed by atoms with Gasteiger partial charge in [-0.2, -0.15) is 0 Å². The predicted octanol–water partition coefficient (Wildman–Crippen LogP) is 5.97. The first-order chi connectivity index (χ1) is 18.2. The molecule has 5 nitrogen and oxygen atoms in total. The van der Waals surface area contributed by atoms with Crippen LogP contribution >= 0.6 is 11.8 Å². The van der Waals surface area contributed by atoms with E-state index < -0.39 is 55.1 Å². The Balaban J connectivity index is 1.79. The van der Waals surface area contributed by atoms with E-state index in [0.717, 1.165) is 5.56 Å². The van der Waals surface area contributed by atoms with Gasteiger partial charge in [0.05, 0.1) is 16.6 Å². The molecule has 0 saturated carbocycles. The van der Waals surface area contributed by atoms with Crippen LogP contribution in [0.4, 0.5) is 18.9 Å². The fourth-order valence-corrected chi connectivity index (χ4v) is 5.82. The van der Waals surface area contributed by atoms with Crippen LogP contribution in [0.15, 0.2) is 101 Å². The van der Waals surface area contributed by atoms with Crippen molar-refractivity contribution < 1.29 is 26.7 Å². The van der Waals surface area contributed by atoms with E-state index in [9.17, 15) is 13.5 Å². The Bertz CT molecular complexity index is 1490. The number of anilines is 1. The van der Waals surface area contributed by atoms with Gasteiger partial charge in [-0.1, -0.05) is 91.0 Å². The molecule has 38 heavy (non-hydrogen) atoms. The Morgan fingerprint density at radius 3 is 1.87 bits per heavy atom. The van der Waals surface area contributed by atoms with Crippen LogP contribution < -0.4 is 10.5 Å². The maximum absolute atomic E-state index is 15.9. The van der Waals surface area contributed by atoms with Crippen LogP contribution in [0.3, 0.4) is 0 Å². The molecule has 4 aromatic rings. The van der Waals surface area contributed by atoms with Gasteiger partial charge in [0.2, 0.25) is 10.0 Å². The number of halogens is 3. The number of sulfonamides is 1. The topological polar surface area (TPSA) is 92.4 Å². The van der Waals surface area contributed by atoms with Crippen molar-refractivity contribution in [2.75, 3.05) is 11.1 Å². The second kappa shape index (κ2) is 12.0. The van der Waals surface area contributed by atoms with Crippen molar-refractivity contribution in [3.8, 4) is 0 Å². The molecule has 4 aromatic carbocycles. The molecule has 0 bridgehead atoms. The van der Waals surface area contributed by atoms with Crippen LogP contribution in [-0.4, -0.2) is 19.3 Å². The first-order valence-electron chi connectivity index (χ1n) is 11.6. The van der Waals surface area contributed by atoms with Gasteiger partial charge in [-0.05, 0) is 23.1 Å². The summed E-state index contributed by atoms with van der Waals surface area (Å²) in [5.41, 5.74) is 0.950. The van der Waals surface area contributed by atoms with Crippen molar-refractivity contribution in [3.63, 3.8) is 0 Å². The monoisotopic (exact) mass is 558 g/mol. The molecule has 198 valence electrons. The van der Waals surface area contributed by atoms with E-state index in [-0.39, 0.29) is 5.75 Å². The molecule has 10 heteroatoms. The third-order valence-electron chi connectivity index (χ3n) is 5.92. The van der Waals surface area contributed by atoms with Gasteiger partial charge in [0.1, 0.15) is 11.0 Å². The lowest BCUT2D eigenvalue weighted by atomic mass is 9.95. The van der Waals surface area contributed by atoms with Gasteiger partial charge >= 0.3 is 0 Å². The van der Waals surface area contributed by atoms with Gasteiger partial charge in [-0.25, -0.2) is 26.7 Å². The largest absolute Gasteiger partial charge is 0.386 e. The molecule has 4 N–H and O–H groups in total.